The maximum atomic E-state index is 10.6. The topological polar surface area (TPSA) is 50.1 Å². The second-order valence-corrected chi connectivity index (χ2v) is 3.65. The summed E-state index contributed by atoms with van der Waals surface area (Å²) in [5, 5.41) is 8.88. The quantitative estimate of drug-likeness (QED) is 0.711. The molecular weight excluding hydrogens is 202 g/mol. The number of carbonyl (C=O) groups is 1. The van der Waals surface area contributed by atoms with Crippen molar-refractivity contribution in [1.29, 1.82) is 5.26 Å². The maximum Gasteiger partial charge on any atom is 0.302 e. The summed E-state index contributed by atoms with van der Waals surface area (Å²) in [7, 11) is 0. The van der Waals surface area contributed by atoms with E-state index in [1.54, 1.807) is 0 Å². The zero-order valence-electron chi connectivity index (χ0n) is 9.35. The van der Waals surface area contributed by atoms with Crippen molar-refractivity contribution in [2.24, 2.45) is 5.92 Å². The highest BCUT2D eigenvalue weighted by Gasteiger charge is 2.09. The fourth-order valence-corrected chi connectivity index (χ4v) is 1.39. The summed E-state index contributed by atoms with van der Waals surface area (Å²) < 4.78 is 4.82. The minimum absolute atomic E-state index is 0.193. The van der Waals surface area contributed by atoms with Gasteiger partial charge >= 0.3 is 5.97 Å². The monoisotopic (exact) mass is 217 g/mol. The fourth-order valence-electron chi connectivity index (χ4n) is 1.39. The lowest BCUT2D eigenvalue weighted by Gasteiger charge is -2.08. The number of benzene rings is 1. The maximum absolute atomic E-state index is 10.6. The van der Waals surface area contributed by atoms with Crippen LogP contribution in [0, 0.1) is 17.2 Å². The molecule has 0 aliphatic rings. The van der Waals surface area contributed by atoms with Crippen molar-refractivity contribution in [3.8, 4) is 6.07 Å². The fraction of sp³-hybridized carbons (Fsp3) is 0.385. The van der Waals surface area contributed by atoms with Gasteiger partial charge in [-0.2, -0.15) is 5.26 Å². The minimum atomic E-state index is -0.333. The minimum Gasteiger partial charge on any atom is -0.464 e. The molecule has 1 aromatic carbocycles. The average Bonchev–Trinajstić information content (AvgIpc) is 2.30. The van der Waals surface area contributed by atoms with Crippen LogP contribution in [0.4, 0.5) is 0 Å². The molecule has 0 amide bonds. The first kappa shape index (κ1) is 12.3. The molecule has 0 saturated carbocycles. The molecule has 16 heavy (non-hydrogen) atoms. The number of carbonyl (C=O) groups excluding carboxylic acids is 1. The predicted molar refractivity (Wildman–Crippen MR) is 60.5 cm³/mol. The lowest BCUT2D eigenvalue weighted by molar-refractivity contribution is -0.141. The predicted octanol–water partition coefficient (Wildman–Crippen LogP) is 2.32. The standard InChI is InChI=1S/C13H15NO2/c1-11(15)16-10-13(9-14)8-7-12-5-3-2-4-6-12/h2-6,13H,7-8,10H2,1H3. The van der Waals surface area contributed by atoms with Crippen LogP contribution in [-0.4, -0.2) is 12.6 Å². The molecule has 0 heterocycles. The second kappa shape index (κ2) is 6.62. The van der Waals surface area contributed by atoms with Gasteiger partial charge in [0.1, 0.15) is 6.61 Å². The average molecular weight is 217 g/mol. The number of ether oxygens (including phenoxy) is 1. The molecule has 1 atom stereocenters. The van der Waals surface area contributed by atoms with E-state index in [0.29, 0.717) is 6.42 Å². The molecule has 0 N–H and O–H groups in total. The molecule has 0 fully saturated rings. The van der Waals surface area contributed by atoms with Crippen LogP contribution in [0.25, 0.3) is 0 Å². The van der Waals surface area contributed by atoms with Crippen LogP contribution >= 0.6 is 0 Å². The number of nitriles is 1. The molecule has 1 unspecified atom stereocenters. The second-order valence-electron chi connectivity index (χ2n) is 3.65. The highest BCUT2D eigenvalue weighted by molar-refractivity contribution is 5.65. The smallest absolute Gasteiger partial charge is 0.302 e. The number of hydrogen-bond donors (Lipinski definition) is 0. The summed E-state index contributed by atoms with van der Waals surface area (Å²) in [5.74, 6) is -0.552. The molecule has 1 rings (SSSR count). The van der Waals surface area contributed by atoms with Crippen molar-refractivity contribution in [2.45, 2.75) is 19.8 Å². The molecule has 0 bridgehead atoms. The number of rotatable bonds is 5. The van der Waals surface area contributed by atoms with Gasteiger partial charge in [0, 0.05) is 6.92 Å². The number of nitrogens with zero attached hydrogens (tertiary/aromatic N) is 1. The van der Waals surface area contributed by atoms with Crippen LogP contribution in [0.3, 0.4) is 0 Å². The molecule has 3 nitrogen and oxygen atoms in total. The Balaban J connectivity index is 2.35. The Hall–Kier alpha value is -1.82. The van der Waals surface area contributed by atoms with E-state index in [0.717, 1.165) is 6.42 Å². The summed E-state index contributed by atoms with van der Waals surface area (Å²) in [6, 6.07) is 12.1. The summed E-state index contributed by atoms with van der Waals surface area (Å²) in [6.45, 7) is 1.55. The van der Waals surface area contributed by atoms with E-state index in [1.807, 2.05) is 30.3 Å². The van der Waals surface area contributed by atoms with Gasteiger partial charge in [0.05, 0.1) is 12.0 Å². The van der Waals surface area contributed by atoms with Gasteiger partial charge in [0.25, 0.3) is 0 Å². The van der Waals surface area contributed by atoms with E-state index in [1.165, 1.54) is 12.5 Å². The first-order valence-electron chi connectivity index (χ1n) is 5.29. The zero-order chi connectivity index (χ0) is 11.8. The molecule has 0 aliphatic carbocycles. The number of hydrogen-bond acceptors (Lipinski definition) is 3. The lowest BCUT2D eigenvalue weighted by atomic mass is 10.0. The third-order valence-corrected chi connectivity index (χ3v) is 2.29. The van der Waals surface area contributed by atoms with Crippen molar-refractivity contribution in [3.63, 3.8) is 0 Å². The number of esters is 1. The normalized spacial score (nSPS) is 11.5. The third-order valence-electron chi connectivity index (χ3n) is 2.29. The van der Waals surface area contributed by atoms with Gasteiger partial charge in [-0.3, -0.25) is 4.79 Å². The molecular formula is C13H15NO2. The van der Waals surface area contributed by atoms with Crippen LogP contribution in [0.1, 0.15) is 18.9 Å². The van der Waals surface area contributed by atoms with Gasteiger partial charge in [-0.25, -0.2) is 0 Å². The van der Waals surface area contributed by atoms with Crippen LogP contribution in [0.5, 0.6) is 0 Å². The van der Waals surface area contributed by atoms with Crippen LogP contribution < -0.4 is 0 Å². The highest BCUT2D eigenvalue weighted by atomic mass is 16.5. The Morgan fingerprint density at radius 2 is 2.12 bits per heavy atom. The van der Waals surface area contributed by atoms with Gasteiger partial charge in [-0.15, -0.1) is 0 Å². The molecule has 0 spiro atoms. The Bertz CT molecular complexity index is 367. The van der Waals surface area contributed by atoms with E-state index in [2.05, 4.69) is 6.07 Å². The molecule has 0 aliphatic heterocycles. The molecule has 3 heteroatoms. The van der Waals surface area contributed by atoms with E-state index >= 15 is 0 Å². The van der Waals surface area contributed by atoms with Crippen LogP contribution in [-0.2, 0) is 16.0 Å². The van der Waals surface area contributed by atoms with Gasteiger partial charge in [-0.1, -0.05) is 30.3 Å². The van der Waals surface area contributed by atoms with Gasteiger partial charge in [-0.05, 0) is 18.4 Å². The van der Waals surface area contributed by atoms with E-state index in [4.69, 9.17) is 10.00 Å². The summed E-state index contributed by atoms with van der Waals surface area (Å²) in [5.41, 5.74) is 1.20. The van der Waals surface area contributed by atoms with Crippen LogP contribution in [0.15, 0.2) is 30.3 Å². The van der Waals surface area contributed by atoms with E-state index < -0.39 is 0 Å². The van der Waals surface area contributed by atoms with Gasteiger partial charge in [0.15, 0.2) is 0 Å². The molecule has 0 saturated heterocycles. The van der Waals surface area contributed by atoms with Crippen LogP contribution in [0.2, 0.25) is 0 Å². The first-order chi connectivity index (χ1) is 7.72. The molecule has 0 radical (unpaired) electrons. The van der Waals surface area contributed by atoms with E-state index in [9.17, 15) is 4.79 Å². The number of aryl methyl sites for hydroxylation is 1. The zero-order valence-corrected chi connectivity index (χ0v) is 9.35. The lowest BCUT2D eigenvalue weighted by Crippen LogP contribution is -2.11. The van der Waals surface area contributed by atoms with Gasteiger partial charge < -0.3 is 4.74 Å². The summed E-state index contributed by atoms with van der Waals surface area (Å²) >= 11 is 0. The van der Waals surface area contributed by atoms with Crippen molar-refractivity contribution in [2.75, 3.05) is 6.61 Å². The molecule has 84 valence electrons. The molecule has 0 aromatic heterocycles. The Morgan fingerprint density at radius 1 is 1.44 bits per heavy atom. The first-order valence-corrected chi connectivity index (χ1v) is 5.29. The van der Waals surface area contributed by atoms with E-state index in [-0.39, 0.29) is 18.5 Å². The van der Waals surface area contributed by atoms with Crippen molar-refractivity contribution in [1.82, 2.24) is 0 Å². The highest BCUT2D eigenvalue weighted by Crippen LogP contribution is 2.09. The SMILES string of the molecule is CC(=O)OCC(C#N)CCc1ccccc1. The Kier molecular flexibility index (Phi) is 5.07. The summed E-state index contributed by atoms with van der Waals surface area (Å²) in [4.78, 5) is 10.6. The third kappa shape index (κ3) is 4.61. The largest absolute Gasteiger partial charge is 0.464 e. The molecule has 1 aromatic rings. The van der Waals surface area contributed by atoms with Gasteiger partial charge in [0.2, 0.25) is 0 Å². The van der Waals surface area contributed by atoms with Crippen molar-refractivity contribution in [3.05, 3.63) is 35.9 Å². The Morgan fingerprint density at radius 3 is 2.69 bits per heavy atom. The Labute approximate surface area is 95.7 Å². The summed E-state index contributed by atoms with van der Waals surface area (Å²) in [6.07, 6.45) is 1.55. The van der Waals surface area contributed by atoms with Crippen molar-refractivity contribution >= 4 is 5.97 Å². The van der Waals surface area contributed by atoms with Crippen molar-refractivity contribution < 1.29 is 9.53 Å².